The Bertz CT molecular complexity index is 1200. The van der Waals surface area contributed by atoms with E-state index in [2.05, 4.69) is 0 Å². The van der Waals surface area contributed by atoms with Crippen LogP contribution in [0.15, 0.2) is 45.4 Å². The van der Waals surface area contributed by atoms with Gasteiger partial charge in [0, 0.05) is 32.2 Å². The Kier molecular flexibility index (Phi) is 5.36. The maximum atomic E-state index is 13.1. The Balaban J connectivity index is 1.55. The smallest absolute Gasteiger partial charge is 0.308 e. The monoisotopic (exact) mass is 451 g/mol. The molecule has 0 spiro atoms. The Morgan fingerprint density at radius 2 is 1.83 bits per heavy atom. The van der Waals surface area contributed by atoms with Crippen molar-refractivity contribution in [2.45, 2.75) is 24.8 Å². The first kappa shape index (κ1) is 20.3. The minimum absolute atomic E-state index is 0.00710. The summed E-state index contributed by atoms with van der Waals surface area (Å²) in [4.78, 5) is 27.1. The summed E-state index contributed by atoms with van der Waals surface area (Å²) < 4.78 is 30.0. The van der Waals surface area contributed by atoms with Crippen molar-refractivity contribution in [2.75, 3.05) is 26.2 Å². The standard InChI is InChI=1S/C19H21N3O4S3/c1-13(2)22-15-6-5-14(12-17(15)28-19(22)24)29(25,26)21-9-7-20(8-10-21)18(23)16-4-3-11-27-16/h3-6,11-13H,7-10H2,1-2H3. The first-order valence-electron chi connectivity index (χ1n) is 9.27. The summed E-state index contributed by atoms with van der Waals surface area (Å²) in [5, 5.41) is 1.85. The quantitative estimate of drug-likeness (QED) is 0.611. The van der Waals surface area contributed by atoms with Crippen LogP contribution in [-0.2, 0) is 10.0 Å². The normalized spacial score (nSPS) is 16.0. The summed E-state index contributed by atoms with van der Waals surface area (Å²) in [7, 11) is -3.69. The molecule has 29 heavy (non-hydrogen) atoms. The van der Waals surface area contributed by atoms with Gasteiger partial charge >= 0.3 is 4.87 Å². The fourth-order valence-corrected chi connectivity index (χ4v) is 6.77. The number of fused-ring (bicyclic) bond motifs is 1. The number of benzene rings is 1. The number of hydrogen-bond acceptors (Lipinski definition) is 6. The number of thiophene rings is 1. The lowest BCUT2D eigenvalue weighted by atomic mass is 10.3. The molecular formula is C19H21N3O4S3. The van der Waals surface area contributed by atoms with Gasteiger partial charge in [-0.25, -0.2) is 8.42 Å². The molecule has 1 aliphatic heterocycles. The van der Waals surface area contributed by atoms with Crippen molar-refractivity contribution >= 4 is 48.8 Å². The van der Waals surface area contributed by atoms with E-state index in [9.17, 15) is 18.0 Å². The van der Waals surface area contributed by atoms with E-state index in [4.69, 9.17) is 0 Å². The van der Waals surface area contributed by atoms with Gasteiger partial charge in [-0.05, 0) is 43.5 Å². The van der Waals surface area contributed by atoms with E-state index in [1.54, 1.807) is 33.7 Å². The van der Waals surface area contributed by atoms with Gasteiger partial charge < -0.3 is 4.90 Å². The maximum Gasteiger partial charge on any atom is 0.308 e. The summed E-state index contributed by atoms with van der Waals surface area (Å²) in [5.41, 5.74) is 0.750. The molecule has 0 saturated carbocycles. The molecule has 3 aromatic rings. The van der Waals surface area contributed by atoms with E-state index in [0.29, 0.717) is 22.7 Å². The molecule has 0 atom stereocenters. The molecule has 1 fully saturated rings. The summed E-state index contributed by atoms with van der Waals surface area (Å²) in [6.45, 7) is 5.07. The fraction of sp³-hybridized carbons (Fsp3) is 0.368. The molecule has 0 aliphatic carbocycles. The van der Waals surface area contributed by atoms with Crippen molar-refractivity contribution < 1.29 is 13.2 Å². The van der Waals surface area contributed by atoms with E-state index in [-0.39, 0.29) is 34.8 Å². The number of amides is 1. The van der Waals surface area contributed by atoms with Gasteiger partial charge in [0.15, 0.2) is 0 Å². The van der Waals surface area contributed by atoms with Crippen molar-refractivity contribution in [1.29, 1.82) is 0 Å². The number of carbonyl (C=O) groups is 1. The zero-order chi connectivity index (χ0) is 20.8. The van der Waals surface area contributed by atoms with Crippen LogP contribution >= 0.6 is 22.7 Å². The lowest BCUT2D eigenvalue weighted by molar-refractivity contribution is 0.0703. The van der Waals surface area contributed by atoms with Crippen LogP contribution in [0.2, 0.25) is 0 Å². The van der Waals surface area contributed by atoms with Gasteiger partial charge in [-0.1, -0.05) is 17.4 Å². The molecule has 0 bridgehead atoms. The third kappa shape index (κ3) is 3.65. The lowest BCUT2D eigenvalue weighted by Gasteiger charge is -2.33. The molecule has 0 radical (unpaired) electrons. The predicted octanol–water partition coefficient (Wildman–Crippen LogP) is 2.85. The second kappa shape index (κ2) is 7.67. The number of nitrogens with zero attached hydrogens (tertiary/aromatic N) is 3. The van der Waals surface area contributed by atoms with Gasteiger partial charge in [-0.15, -0.1) is 11.3 Å². The molecule has 2 aromatic heterocycles. The second-order valence-electron chi connectivity index (χ2n) is 7.13. The largest absolute Gasteiger partial charge is 0.335 e. The van der Waals surface area contributed by atoms with E-state index in [1.807, 2.05) is 25.3 Å². The summed E-state index contributed by atoms with van der Waals surface area (Å²) in [6, 6.07) is 8.46. The molecule has 1 aliphatic rings. The Hall–Kier alpha value is -2.01. The van der Waals surface area contributed by atoms with Crippen molar-refractivity contribution in [3.63, 3.8) is 0 Å². The van der Waals surface area contributed by atoms with Crippen molar-refractivity contribution in [3.8, 4) is 0 Å². The highest BCUT2D eigenvalue weighted by Gasteiger charge is 2.31. The van der Waals surface area contributed by atoms with E-state index in [1.165, 1.54) is 15.6 Å². The van der Waals surface area contributed by atoms with Crippen molar-refractivity contribution in [2.24, 2.45) is 0 Å². The Morgan fingerprint density at radius 3 is 2.45 bits per heavy atom. The number of aromatic nitrogens is 1. The average molecular weight is 452 g/mol. The third-order valence-electron chi connectivity index (χ3n) is 5.00. The topological polar surface area (TPSA) is 79.7 Å². The Labute approximate surface area is 176 Å². The Morgan fingerprint density at radius 1 is 1.10 bits per heavy atom. The van der Waals surface area contributed by atoms with Gasteiger partial charge in [0.2, 0.25) is 10.0 Å². The van der Waals surface area contributed by atoms with Crippen LogP contribution in [0.4, 0.5) is 0 Å². The molecule has 1 amide bonds. The van der Waals surface area contributed by atoms with E-state index >= 15 is 0 Å². The highest BCUT2D eigenvalue weighted by molar-refractivity contribution is 7.89. The molecule has 7 nitrogen and oxygen atoms in total. The van der Waals surface area contributed by atoms with Crippen LogP contribution in [-0.4, -0.2) is 54.3 Å². The number of rotatable bonds is 4. The maximum absolute atomic E-state index is 13.1. The summed E-state index contributed by atoms with van der Waals surface area (Å²) in [5.74, 6) is -0.0572. The zero-order valence-corrected chi connectivity index (χ0v) is 18.5. The number of sulfonamides is 1. The molecule has 1 aromatic carbocycles. The minimum Gasteiger partial charge on any atom is -0.335 e. The number of carbonyl (C=O) groups excluding carboxylic acids is 1. The summed E-state index contributed by atoms with van der Waals surface area (Å²) >= 11 is 2.44. The fourth-order valence-electron chi connectivity index (χ4n) is 3.50. The predicted molar refractivity (Wildman–Crippen MR) is 115 cm³/mol. The molecule has 0 unspecified atom stereocenters. The molecular weight excluding hydrogens is 430 g/mol. The minimum atomic E-state index is -3.69. The van der Waals surface area contributed by atoms with Crippen LogP contribution in [0.1, 0.15) is 29.6 Å². The number of thiazole rings is 1. The molecule has 154 valence electrons. The van der Waals surface area contributed by atoms with Gasteiger partial charge in [0.25, 0.3) is 5.91 Å². The van der Waals surface area contributed by atoms with E-state index in [0.717, 1.165) is 16.9 Å². The highest BCUT2D eigenvalue weighted by Crippen LogP contribution is 2.26. The molecule has 10 heteroatoms. The molecule has 4 rings (SSSR count). The van der Waals surface area contributed by atoms with Crippen molar-refractivity contribution in [3.05, 3.63) is 50.3 Å². The number of hydrogen-bond donors (Lipinski definition) is 0. The van der Waals surface area contributed by atoms with Gasteiger partial charge in [0.1, 0.15) is 0 Å². The van der Waals surface area contributed by atoms with E-state index < -0.39 is 10.0 Å². The zero-order valence-electron chi connectivity index (χ0n) is 16.1. The van der Waals surface area contributed by atoms with Crippen molar-refractivity contribution in [1.82, 2.24) is 13.8 Å². The first-order chi connectivity index (χ1) is 13.8. The van der Waals surface area contributed by atoms with Crippen LogP contribution in [0.25, 0.3) is 10.2 Å². The number of piperazine rings is 1. The molecule has 0 N–H and O–H groups in total. The SMILES string of the molecule is CC(C)n1c(=O)sc2cc(S(=O)(=O)N3CCN(C(=O)c4cccs4)CC3)ccc21. The van der Waals surface area contributed by atoms with Crippen LogP contribution < -0.4 is 4.87 Å². The van der Waals surface area contributed by atoms with Crippen LogP contribution in [0, 0.1) is 0 Å². The molecule has 3 heterocycles. The second-order valence-corrected chi connectivity index (χ2v) is 11.0. The summed E-state index contributed by atoms with van der Waals surface area (Å²) in [6.07, 6.45) is 0. The average Bonchev–Trinajstić information content (AvgIpc) is 3.33. The van der Waals surface area contributed by atoms with Crippen LogP contribution in [0.3, 0.4) is 0 Å². The highest BCUT2D eigenvalue weighted by atomic mass is 32.2. The van der Waals surface area contributed by atoms with Crippen LogP contribution in [0.5, 0.6) is 0 Å². The molecule has 1 saturated heterocycles. The first-order valence-corrected chi connectivity index (χ1v) is 12.4. The van der Waals surface area contributed by atoms with Gasteiger partial charge in [-0.3, -0.25) is 14.2 Å². The third-order valence-corrected chi connectivity index (χ3v) is 8.67. The van der Waals surface area contributed by atoms with Gasteiger partial charge in [0.05, 0.1) is 20.0 Å². The lowest BCUT2D eigenvalue weighted by Crippen LogP contribution is -2.50. The van der Waals surface area contributed by atoms with Gasteiger partial charge in [-0.2, -0.15) is 4.31 Å².